The molecule has 0 atom stereocenters. The largest absolute Gasteiger partial charge is 0.374 e. The number of ether oxygens (including phenoxy) is 1. The molecule has 0 aliphatic heterocycles. The summed E-state index contributed by atoms with van der Waals surface area (Å²) in [5.74, 6) is 0. The van der Waals surface area contributed by atoms with E-state index < -0.39 is 0 Å². The summed E-state index contributed by atoms with van der Waals surface area (Å²) < 4.78 is 5.86. The van der Waals surface area contributed by atoms with Crippen LogP contribution in [0.2, 0.25) is 0 Å². The highest BCUT2D eigenvalue weighted by atomic mass is 16.5. The lowest BCUT2D eigenvalue weighted by molar-refractivity contribution is 0.0465. The third kappa shape index (κ3) is 8.74. The van der Waals surface area contributed by atoms with Gasteiger partial charge in [0.2, 0.25) is 0 Å². The summed E-state index contributed by atoms with van der Waals surface area (Å²) in [6.07, 6.45) is 21.4. The van der Waals surface area contributed by atoms with Crippen molar-refractivity contribution in [2.75, 3.05) is 6.61 Å². The first-order valence-electron chi connectivity index (χ1n) is 8.20. The average Bonchev–Trinajstić information content (AvgIpc) is 2.42. The molecule has 0 unspecified atom stereocenters. The van der Waals surface area contributed by atoms with Gasteiger partial charge < -0.3 is 4.74 Å². The molecule has 1 nitrogen and oxygen atoms in total. The van der Waals surface area contributed by atoms with Gasteiger partial charge in [-0.2, -0.15) is 0 Å². The van der Waals surface area contributed by atoms with Crippen LogP contribution in [0.15, 0.2) is 12.2 Å². The fourth-order valence-corrected chi connectivity index (χ4v) is 2.65. The molecular weight excluding hydrogens is 220 g/mol. The van der Waals surface area contributed by atoms with E-state index in [2.05, 4.69) is 19.1 Å². The van der Waals surface area contributed by atoms with E-state index >= 15 is 0 Å². The van der Waals surface area contributed by atoms with Gasteiger partial charge in [-0.05, 0) is 25.7 Å². The lowest BCUT2D eigenvalue weighted by Gasteiger charge is -2.21. The molecule has 1 aliphatic rings. The van der Waals surface area contributed by atoms with Crippen LogP contribution < -0.4 is 0 Å². The fraction of sp³-hybridized carbons (Fsp3) is 0.882. The first-order valence-corrected chi connectivity index (χ1v) is 8.20. The predicted octanol–water partition coefficient (Wildman–Crippen LogP) is 5.64. The summed E-state index contributed by atoms with van der Waals surface area (Å²) in [5, 5.41) is 0. The van der Waals surface area contributed by atoms with E-state index in [0.29, 0.717) is 6.10 Å². The first kappa shape index (κ1) is 15.8. The minimum atomic E-state index is 0.553. The van der Waals surface area contributed by atoms with Crippen LogP contribution in [-0.4, -0.2) is 12.7 Å². The van der Waals surface area contributed by atoms with Crippen molar-refractivity contribution in [3.05, 3.63) is 12.2 Å². The Balaban J connectivity index is 1.82. The van der Waals surface area contributed by atoms with Gasteiger partial charge >= 0.3 is 0 Å². The van der Waals surface area contributed by atoms with Gasteiger partial charge in [0.05, 0.1) is 12.7 Å². The Morgan fingerprint density at radius 1 is 0.889 bits per heavy atom. The summed E-state index contributed by atoms with van der Waals surface area (Å²) in [6, 6.07) is 0. The van der Waals surface area contributed by atoms with Crippen LogP contribution >= 0.6 is 0 Å². The number of allylic oxidation sites excluding steroid dienone is 1. The maximum absolute atomic E-state index is 5.86. The van der Waals surface area contributed by atoms with E-state index in [1.807, 2.05) is 0 Å². The van der Waals surface area contributed by atoms with Crippen molar-refractivity contribution in [1.82, 2.24) is 0 Å². The van der Waals surface area contributed by atoms with Gasteiger partial charge in [-0.25, -0.2) is 0 Å². The van der Waals surface area contributed by atoms with Crippen molar-refractivity contribution in [1.29, 1.82) is 0 Å². The molecule has 0 aromatic heterocycles. The van der Waals surface area contributed by atoms with Crippen molar-refractivity contribution in [3.63, 3.8) is 0 Å². The van der Waals surface area contributed by atoms with Crippen LogP contribution in [0.1, 0.15) is 84.0 Å². The molecule has 1 aliphatic carbocycles. The highest BCUT2D eigenvalue weighted by Gasteiger charge is 2.12. The minimum Gasteiger partial charge on any atom is -0.374 e. The predicted molar refractivity (Wildman–Crippen MR) is 80.0 cm³/mol. The van der Waals surface area contributed by atoms with Crippen LogP contribution in [0.5, 0.6) is 0 Å². The maximum atomic E-state index is 5.86. The molecule has 0 aromatic rings. The quantitative estimate of drug-likeness (QED) is 0.361. The van der Waals surface area contributed by atoms with Crippen LogP contribution in [0.3, 0.4) is 0 Å². The molecule has 0 radical (unpaired) electrons. The Hall–Kier alpha value is -0.300. The van der Waals surface area contributed by atoms with Gasteiger partial charge in [0.15, 0.2) is 0 Å². The second-order valence-electron chi connectivity index (χ2n) is 5.62. The molecule has 0 heterocycles. The van der Waals surface area contributed by atoms with Crippen molar-refractivity contribution in [3.8, 4) is 0 Å². The van der Waals surface area contributed by atoms with E-state index in [1.165, 1.54) is 77.0 Å². The molecule has 1 heteroatoms. The molecule has 0 amide bonds. The molecule has 0 aromatic carbocycles. The Kier molecular flexibility index (Phi) is 10.3. The Morgan fingerprint density at radius 2 is 1.61 bits per heavy atom. The Labute approximate surface area is 114 Å². The zero-order valence-electron chi connectivity index (χ0n) is 12.3. The van der Waals surface area contributed by atoms with E-state index in [9.17, 15) is 0 Å². The molecule has 0 saturated heterocycles. The highest BCUT2D eigenvalue weighted by Crippen LogP contribution is 2.20. The maximum Gasteiger partial charge on any atom is 0.0651 e. The lowest BCUT2D eigenvalue weighted by atomic mass is 9.98. The van der Waals surface area contributed by atoms with Crippen molar-refractivity contribution >= 4 is 0 Å². The molecule has 1 saturated carbocycles. The molecule has 1 rings (SSSR count). The molecule has 106 valence electrons. The van der Waals surface area contributed by atoms with Crippen molar-refractivity contribution in [2.45, 2.75) is 90.1 Å². The van der Waals surface area contributed by atoms with Gasteiger partial charge in [0.1, 0.15) is 0 Å². The number of hydrogen-bond donors (Lipinski definition) is 0. The van der Waals surface area contributed by atoms with Gasteiger partial charge in [0.25, 0.3) is 0 Å². The Morgan fingerprint density at radius 3 is 2.39 bits per heavy atom. The molecule has 0 spiro atoms. The number of rotatable bonds is 10. The van der Waals surface area contributed by atoms with Crippen LogP contribution in [0, 0.1) is 0 Å². The molecular formula is C17H32O. The molecule has 1 fully saturated rings. The van der Waals surface area contributed by atoms with E-state index in [0.717, 1.165) is 6.61 Å². The Bertz CT molecular complexity index is 192. The summed E-state index contributed by atoms with van der Waals surface area (Å²) >= 11 is 0. The first-order chi connectivity index (χ1) is 8.93. The lowest BCUT2D eigenvalue weighted by Crippen LogP contribution is -2.16. The zero-order chi connectivity index (χ0) is 12.9. The number of hydrogen-bond acceptors (Lipinski definition) is 1. The van der Waals surface area contributed by atoms with E-state index in [-0.39, 0.29) is 0 Å². The summed E-state index contributed by atoms with van der Waals surface area (Å²) in [6.45, 7) is 3.11. The zero-order valence-corrected chi connectivity index (χ0v) is 12.3. The molecule has 0 N–H and O–H groups in total. The van der Waals surface area contributed by atoms with Crippen LogP contribution in [0.4, 0.5) is 0 Å². The van der Waals surface area contributed by atoms with Crippen LogP contribution in [0.25, 0.3) is 0 Å². The second kappa shape index (κ2) is 11.8. The topological polar surface area (TPSA) is 9.23 Å². The second-order valence-corrected chi connectivity index (χ2v) is 5.62. The van der Waals surface area contributed by atoms with Crippen molar-refractivity contribution < 1.29 is 4.74 Å². The summed E-state index contributed by atoms with van der Waals surface area (Å²) in [4.78, 5) is 0. The highest BCUT2D eigenvalue weighted by molar-refractivity contribution is 4.82. The standard InChI is InChI=1S/C17H32O/c1-2-3-4-5-6-7-8-9-13-16-18-17-14-11-10-12-15-17/h9,13,17H,2-8,10-12,14-16H2,1H3/b13-9+. The normalized spacial score (nSPS) is 17.6. The minimum absolute atomic E-state index is 0.553. The van der Waals surface area contributed by atoms with Gasteiger partial charge in [-0.3, -0.25) is 0 Å². The smallest absolute Gasteiger partial charge is 0.0651 e. The van der Waals surface area contributed by atoms with Gasteiger partial charge in [-0.15, -0.1) is 0 Å². The summed E-state index contributed by atoms with van der Waals surface area (Å²) in [5.41, 5.74) is 0. The van der Waals surface area contributed by atoms with Gasteiger partial charge in [-0.1, -0.05) is 70.4 Å². The van der Waals surface area contributed by atoms with E-state index in [4.69, 9.17) is 4.74 Å². The summed E-state index contributed by atoms with van der Waals surface area (Å²) in [7, 11) is 0. The van der Waals surface area contributed by atoms with E-state index in [1.54, 1.807) is 0 Å². The molecule has 18 heavy (non-hydrogen) atoms. The van der Waals surface area contributed by atoms with Crippen LogP contribution in [-0.2, 0) is 4.74 Å². The third-order valence-electron chi connectivity index (χ3n) is 3.87. The average molecular weight is 252 g/mol. The number of unbranched alkanes of at least 4 members (excludes halogenated alkanes) is 6. The van der Waals surface area contributed by atoms with Crippen molar-refractivity contribution in [2.24, 2.45) is 0 Å². The fourth-order valence-electron chi connectivity index (χ4n) is 2.65. The SMILES string of the molecule is CCCCCCCC/C=C/COC1CCCCC1. The molecule has 0 bridgehead atoms. The third-order valence-corrected chi connectivity index (χ3v) is 3.87. The van der Waals surface area contributed by atoms with Gasteiger partial charge in [0, 0.05) is 0 Å². The monoisotopic (exact) mass is 252 g/mol.